The van der Waals surface area contributed by atoms with Crippen LogP contribution in [0.1, 0.15) is 20.8 Å². The first-order valence-electron chi connectivity index (χ1n) is 7.37. The summed E-state index contributed by atoms with van der Waals surface area (Å²) >= 11 is 3.52. The van der Waals surface area contributed by atoms with Gasteiger partial charge < -0.3 is 0 Å². The number of pyridine rings is 1. The Hall–Kier alpha value is -0.933. The van der Waals surface area contributed by atoms with Gasteiger partial charge in [-0.3, -0.25) is 4.98 Å². The minimum absolute atomic E-state index is 1.06. The van der Waals surface area contributed by atoms with E-state index in [9.17, 15) is 0 Å². The lowest BCUT2D eigenvalue weighted by Gasteiger charge is -2.28. The van der Waals surface area contributed by atoms with E-state index in [1.54, 1.807) is 0 Å². The summed E-state index contributed by atoms with van der Waals surface area (Å²) in [6.45, 7) is 7.00. The molecule has 2 rings (SSSR count). The van der Waals surface area contributed by atoms with Crippen LogP contribution in [0.3, 0.4) is 0 Å². The lowest BCUT2D eigenvalue weighted by atomic mass is 10.1. The molecule has 0 unspecified atom stereocenters. The number of benzene rings is 1. The molecule has 0 saturated heterocycles. The molecule has 0 aliphatic rings. The Morgan fingerprint density at radius 3 is 2.20 bits per heavy atom. The van der Waals surface area contributed by atoms with Crippen molar-refractivity contribution in [3.8, 4) is 11.3 Å². The summed E-state index contributed by atoms with van der Waals surface area (Å²) in [6, 6.07) is 16.7. The smallest absolute Gasteiger partial charge is 0.0879 e. The van der Waals surface area contributed by atoms with Crippen LogP contribution in [0.5, 0.6) is 0 Å². The maximum atomic E-state index is 4.71. The Morgan fingerprint density at radius 1 is 1.00 bits per heavy atom. The van der Waals surface area contributed by atoms with E-state index in [0.29, 0.717) is 0 Å². The number of hydrogen-bond acceptors (Lipinski definition) is 1. The Bertz CT molecular complexity index is 553. The molecule has 1 nitrogen and oxygen atoms in total. The van der Waals surface area contributed by atoms with Crippen molar-refractivity contribution in [1.29, 1.82) is 0 Å². The molecule has 0 aliphatic heterocycles. The summed E-state index contributed by atoms with van der Waals surface area (Å²) in [5.41, 5.74) is 2.23. The van der Waals surface area contributed by atoms with Gasteiger partial charge in [0, 0.05) is 16.2 Å². The molecule has 0 amide bonds. The lowest BCUT2D eigenvalue weighted by molar-refractivity contribution is 1.19. The van der Waals surface area contributed by atoms with Crippen molar-refractivity contribution in [2.24, 2.45) is 0 Å². The highest BCUT2D eigenvalue weighted by Crippen LogP contribution is 2.23. The predicted molar refractivity (Wildman–Crippen MR) is 94.2 cm³/mol. The molecule has 0 aliphatic carbocycles. The standard InChI is InChI=1S/C17H22BrNSi/c1-4-20(5-2,6-3)16-10-11-17(19-13-16)14-8-7-9-15(18)12-14/h7-13H,4-6H2,1-3H3. The predicted octanol–water partition coefficient (Wildman–Crippen LogP) is 5.23. The van der Waals surface area contributed by atoms with E-state index < -0.39 is 8.07 Å². The lowest BCUT2D eigenvalue weighted by Crippen LogP contribution is -2.45. The molecule has 0 saturated carbocycles. The SMILES string of the molecule is CC[Si](CC)(CC)c1ccc(-c2cccc(Br)c2)nc1. The minimum atomic E-state index is -1.30. The molecule has 0 bridgehead atoms. The fourth-order valence-corrected chi connectivity index (χ4v) is 6.79. The maximum absolute atomic E-state index is 4.71. The minimum Gasteiger partial charge on any atom is -0.256 e. The van der Waals surface area contributed by atoms with Gasteiger partial charge in [0.25, 0.3) is 0 Å². The molecule has 0 atom stereocenters. The van der Waals surface area contributed by atoms with Crippen LogP contribution in [0, 0.1) is 0 Å². The Balaban J connectivity index is 2.35. The van der Waals surface area contributed by atoms with E-state index in [4.69, 9.17) is 4.98 Å². The Labute approximate surface area is 131 Å². The van der Waals surface area contributed by atoms with E-state index in [0.717, 1.165) is 10.2 Å². The van der Waals surface area contributed by atoms with Gasteiger partial charge in [-0.25, -0.2) is 0 Å². The summed E-state index contributed by atoms with van der Waals surface area (Å²) in [5.74, 6) is 0. The van der Waals surface area contributed by atoms with Gasteiger partial charge in [0.1, 0.15) is 0 Å². The second kappa shape index (κ2) is 6.68. The molecule has 2 aromatic rings. The second-order valence-corrected chi connectivity index (χ2v) is 11.5. The molecule has 0 fully saturated rings. The van der Waals surface area contributed by atoms with Crippen LogP contribution in [-0.4, -0.2) is 13.1 Å². The summed E-state index contributed by atoms with van der Waals surface area (Å²) in [4.78, 5) is 4.71. The van der Waals surface area contributed by atoms with Gasteiger partial charge >= 0.3 is 0 Å². The van der Waals surface area contributed by atoms with Gasteiger partial charge in [-0.15, -0.1) is 0 Å². The normalized spacial score (nSPS) is 11.6. The number of aromatic nitrogens is 1. The van der Waals surface area contributed by atoms with E-state index in [-0.39, 0.29) is 0 Å². The molecule has 0 spiro atoms. The van der Waals surface area contributed by atoms with E-state index >= 15 is 0 Å². The molecule has 106 valence electrons. The molecule has 1 aromatic heterocycles. The van der Waals surface area contributed by atoms with Crippen molar-refractivity contribution in [2.45, 2.75) is 38.9 Å². The van der Waals surface area contributed by atoms with Crippen LogP contribution in [0.2, 0.25) is 18.1 Å². The van der Waals surface area contributed by atoms with Crippen LogP contribution < -0.4 is 5.19 Å². The summed E-state index contributed by atoms with van der Waals surface area (Å²) in [6.07, 6.45) is 2.12. The third kappa shape index (κ3) is 3.04. The molecular weight excluding hydrogens is 326 g/mol. The quantitative estimate of drug-likeness (QED) is 0.675. The highest BCUT2D eigenvalue weighted by Gasteiger charge is 2.29. The highest BCUT2D eigenvalue weighted by molar-refractivity contribution is 9.10. The average Bonchev–Trinajstić information content (AvgIpc) is 2.50. The van der Waals surface area contributed by atoms with E-state index in [2.05, 4.69) is 73.2 Å². The largest absolute Gasteiger partial charge is 0.256 e. The summed E-state index contributed by atoms with van der Waals surface area (Å²) < 4.78 is 1.10. The zero-order chi connectivity index (χ0) is 14.6. The Kier molecular flexibility index (Phi) is 5.16. The first-order chi connectivity index (χ1) is 9.65. The molecular formula is C17H22BrNSi. The average molecular weight is 348 g/mol. The van der Waals surface area contributed by atoms with Crippen LogP contribution in [0.25, 0.3) is 11.3 Å². The zero-order valence-electron chi connectivity index (χ0n) is 12.5. The number of rotatable bonds is 5. The van der Waals surface area contributed by atoms with Gasteiger partial charge in [0.15, 0.2) is 0 Å². The summed E-state index contributed by atoms with van der Waals surface area (Å²) in [7, 11) is -1.30. The van der Waals surface area contributed by atoms with E-state index in [1.807, 2.05) is 6.07 Å². The first kappa shape index (κ1) is 15.5. The molecule has 0 N–H and O–H groups in total. The third-order valence-corrected chi connectivity index (χ3v) is 10.6. The molecule has 3 heteroatoms. The monoisotopic (exact) mass is 347 g/mol. The highest BCUT2D eigenvalue weighted by atomic mass is 79.9. The molecule has 20 heavy (non-hydrogen) atoms. The van der Waals surface area contributed by atoms with Crippen molar-refractivity contribution >= 4 is 29.2 Å². The Morgan fingerprint density at radius 2 is 1.70 bits per heavy atom. The van der Waals surface area contributed by atoms with Gasteiger partial charge in [-0.05, 0) is 23.4 Å². The summed E-state index contributed by atoms with van der Waals surface area (Å²) in [5, 5.41) is 1.50. The zero-order valence-corrected chi connectivity index (χ0v) is 15.1. The van der Waals surface area contributed by atoms with Crippen molar-refractivity contribution in [3.63, 3.8) is 0 Å². The van der Waals surface area contributed by atoms with Crippen molar-refractivity contribution in [2.75, 3.05) is 0 Å². The van der Waals surface area contributed by atoms with Crippen LogP contribution >= 0.6 is 15.9 Å². The number of hydrogen-bond donors (Lipinski definition) is 0. The number of nitrogens with zero attached hydrogens (tertiary/aromatic N) is 1. The van der Waals surface area contributed by atoms with Crippen LogP contribution in [0.4, 0.5) is 0 Å². The van der Waals surface area contributed by atoms with Crippen molar-refractivity contribution < 1.29 is 0 Å². The maximum Gasteiger partial charge on any atom is 0.0879 e. The number of halogens is 1. The van der Waals surface area contributed by atoms with Gasteiger partial charge in [0.05, 0.1) is 13.8 Å². The molecule has 1 aromatic carbocycles. The molecule has 1 heterocycles. The van der Waals surface area contributed by atoms with Crippen molar-refractivity contribution in [1.82, 2.24) is 4.98 Å². The van der Waals surface area contributed by atoms with Gasteiger partial charge in [-0.1, -0.05) is 73.0 Å². The topological polar surface area (TPSA) is 12.9 Å². The second-order valence-electron chi connectivity index (χ2n) is 5.28. The fraction of sp³-hybridized carbons (Fsp3) is 0.353. The van der Waals surface area contributed by atoms with Crippen molar-refractivity contribution in [3.05, 3.63) is 47.1 Å². The fourth-order valence-electron chi connectivity index (χ4n) is 2.89. The molecule has 0 radical (unpaired) electrons. The van der Waals surface area contributed by atoms with Crippen LogP contribution in [0.15, 0.2) is 47.1 Å². The van der Waals surface area contributed by atoms with Gasteiger partial charge in [-0.2, -0.15) is 0 Å². The van der Waals surface area contributed by atoms with Gasteiger partial charge in [0.2, 0.25) is 0 Å². The first-order valence-corrected chi connectivity index (χ1v) is 10.8. The van der Waals surface area contributed by atoms with Crippen LogP contribution in [-0.2, 0) is 0 Å². The third-order valence-electron chi connectivity index (χ3n) is 4.53. The van der Waals surface area contributed by atoms with E-state index in [1.165, 1.54) is 28.9 Å².